The molecule has 0 unspecified atom stereocenters. The Labute approximate surface area is 148 Å². The van der Waals surface area contributed by atoms with Gasteiger partial charge in [-0.25, -0.2) is 0 Å². The van der Waals surface area contributed by atoms with Gasteiger partial charge in [-0.15, -0.1) is 0 Å². The summed E-state index contributed by atoms with van der Waals surface area (Å²) in [5.74, 6) is -0.00929. The van der Waals surface area contributed by atoms with E-state index in [-0.39, 0.29) is 17.9 Å². The maximum absolute atomic E-state index is 13.0. The second-order valence-corrected chi connectivity index (χ2v) is 7.00. The molecule has 1 fully saturated rings. The molecule has 0 radical (unpaired) electrons. The number of likely N-dealkylation sites (tertiary alicyclic amines) is 1. The maximum Gasteiger partial charge on any atom is 0.252 e. The molecule has 3 rings (SSSR count). The Kier molecular flexibility index (Phi) is 4.75. The molecule has 1 N–H and O–H groups in total. The molecule has 0 bridgehead atoms. The van der Waals surface area contributed by atoms with Crippen molar-refractivity contribution in [2.75, 3.05) is 13.1 Å². The third-order valence-electron chi connectivity index (χ3n) is 5.06. The number of carbonyl (C=O) groups is 2. The van der Waals surface area contributed by atoms with Crippen molar-refractivity contribution in [3.8, 4) is 0 Å². The molecule has 1 aromatic carbocycles. The molecular formula is C20H25N3O2. The minimum absolute atomic E-state index is 0.00196. The highest BCUT2D eigenvalue weighted by Crippen LogP contribution is 2.24. The fourth-order valence-corrected chi connectivity index (χ4v) is 3.53. The second kappa shape index (κ2) is 6.82. The average Bonchev–Trinajstić information content (AvgIpc) is 2.56. The van der Waals surface area contributed by atoms with Crippen molar-refractivity contribution in [3.63, 3.8) is 0 Å². The molecule has 1 aromatic heterocycles. The predicted octanol–water partition coefficient (Wildman–Crippen LogP) is 2.90. The summed E-state index contributed by atoms with van der Waals surface area (Å²) in [7, 11) is 0. The first-order valence-electron chi connectivity index (χ1n) is 8.80. The van der Waals surface area contributed by atoms with Crippen LogP contribution in [0.2, 0.25) is 0 Å². The van der Waals surface area contributed by atoms with E-state index in [4.69, 9.17) is 0 Å². The zero-order valence-electron chi connectivity index (χ0n) is 15.3. The number of pyridine rings is 1. The van der Waals surface area contributed by atoms with Crippen LogP contribution in [0.4, 0.5) is 0 Å². The van der Waals surface area contributed by atoms with Gasteiger partial charge < -0.3 is 10.2 Å². The third kappa shape index (κ3) is 3.50. The second-order valence-electron chi connectivity index (χ2n) is 7.00. The largest absolute Gasteiger partial charge is 0.347 e. The number of rotatable bonds is 2. The van der Waals surface area contributed by atoms with Crippen molar-refractivity contribution in [2.45, 2.75) is 46.6 Å². The van der Waals surface area contributed by atoms with Crippen molar-refractivity contribution < 1.29 is 9.59 Å². The Hall–Kier alpha value is -2.43. The SMILES string of the molecule is CC(=O)N1CCC[C@@H](NC(=O)c2c(C)c(C)nc3ccc(C)cc23)C1. The van der Waals surface area contributed by atoms with Gasteiger partial charge in [-0.1, -0.05) is 11.6 Å². The summed E-state index contributed by atoms with van der Waals surface area (Å²) in [5.41, 5.74) is 4.43. The number of hydrogen-bond acceptors (Lipinski definition) is 3. The molecule has 0 aliphatic carbocycles. The monoisotopic (exact) mass is 339 g/mol. The summed E-state index contributed by atoms with van der Waals surface area (Å²) in [6.45, 7) is 8.84. The van der Waals surface area contributed by atoms with Gasteiger partial charge in [0.05, 0.1) is 11.1 Å². The van der Waals surface area contributed by atoms with E-state index >= 15 is 0 Å². The number of fused-ring (bicyclic) bond motifs is 1. The number of aromatic nitrogens is 1. The lowest BCUT2D eigenvalue weighted by atomic mass is 9.98. The number of amides is 2. The van der Waals surface area contributed by atoms with Crippen molar-refractivity contribution in [2.24, 2.45) is 0 Å². The van der Waals surface area contributed by atoms with Gasteiger partial charge in [0.25, 0.3) is 5.91 Å². The van der Waals surface area contributed by atoms with Crippen LogP contribution in [-0.2, 0) is 4.79 Å². The topological polar surface area (TPSA) is 62.3 Å². The quantitative estimate of drug-likeness (QED) is 0.915. The van der Waals surface area contributed by atoms with Crippen molar-refractivity contribution in [1.29, 1.82) is 0 Å². The number of piperidine rings is 1. The van der Waals surface area contributed by atoms with Gasteiger partial charge in [-0.05, 0) is 51.3 Å². The standard InChI is InChI=1S/C20H25N3O2/c1-12-7-8-18-17(10-12)19(13(2)14(3)21-18)20(25)22-16-6-5-9-23(11-16)15(4)24/h7-8,10,16H,5-6,9,11H2,1-4H3,(H,22,25)/t16-/m1/s1. The lowest BCUT2D eigenvalue weighted by Gasteiger charge is -2.32. The highest BCUT2D eigenvalue weighted by molar-refractivity contribution is 6.07. The number of nitrogens with one attached hydrogen (secondary N) is 1. The summed E-state index contributed by atoms with van der Waals surface area (Å²) >= 11 is 0. The van der Waals surface area contributed by atoms with Crippen LogP contribution in [0, 0.1) is 20.8 Å². The molecule has 2 heterocycles. The molecule has 1 saturated heterocycles. The fraction of sp³-hybridized carbons (Fsp3) is 0.450. The molecule has 1 atom stereocenters. The fourth-order valence-electron chi connectivity index (χ4n) is 3.53. The van der Waals surface area contributed by atoms with Crippen LogP contribution in [0.15, 0.2) is 18.2 Å². The highest BCUT2D eigenvalue weighted by Gasteiger charge is 2.25. The molecule has 2 aromatic rings. The van der Waals surface area contributed by atoms with Crippen LogP contribution in [0.5, 0.6) is 0 Å². The van der Waals surface area contributed by atoms with Gasteiger partial charge in [-0.3, -0.25) is 14.6 Å². The Morgan fingerprint density at radius 2 is 2.00 bits per heavy atom. The van der Waals surface area contributed by atoms with Crippen LogP contribution in [-0.4, -0.2) is 40.8 Å². The molecule has 0 saturated carbocycles. The van der Waals surface area contributed by atoms with E-state index in [9.17, 15) is 9.59 Å². The van der Waals surface area contributed by atoms with E-state index in [1.807, 2.05) is 39.0 Å². The molecule has 5 nitrogen and oxygen atoms in total. The Balaban J connectivity index is 1.93. The Morgan fingerprint density at radius 1 is 1.24 bits per heavy atom. The highest BCUT2D eigenvalue weighted by atomic mass is 16.2. The molecule has 1 aliphatic rings. The van der Waals surface area contributed by atoms with E-state index in [0.717, 1.165) is 47.1 Å². The van der Waals surface area contributed by atoms with Crippen LogP contribution in [0.3, 0.4) is 0 Å². The number of hydrogen-bond donors (Lipinski definition) is 1. The van der Waals surface area contributed by atoms with E-state index in [2.05, 4.69) is 10.3 Å². The lowest BCUT2D eigenvalue weighted by Crippen LogP contribution is -2.49. The summed E-state index contributed by atoms with van der Waals surface area (Å²) in [6.07, 6.45) is 1.81. The van der Waals surface area contributed by atoms with Crippen LogP contribution in [0.25, 0.3) is 10.9 Å². The van der Waals surface area contributed by atoms with Gasteiger partial charge in [0.1, 0.15) is 0 Å². The maximum atomic E-state index is 13.0. The smallest absolute Gasteiger partial charge is 0.252 e. The first kappa shape index (κ1) is 17.4. The number of nitrogens with zero attached hydrogens (tertiary/aromatic N) is 2. The minimum atomic E-state index is -0.0750. The molecule has 132 valence electrons. The zero-order chi connectivity index (χ0) is 18.1. The van der Waals surface area contributed by atoms with Gasteiger partial charge in [0.15, 0.2) is 0 Å². The average molecular weight is 339 g/mol. The van der Waals surface area contributed by atoms with Crippen LogP contribution < -0.4 is 5.32 Å². The Morgan fingerprint density at radius 3 is 2.72 bits per heavy atom. The Bertz CT molecular complexity index is 844. The third-order valence-corrected chi connectivity index (χ3v) is 5.06. The van der Waals surface area contributed by atoms with Gasteiger partial charge in [0, 0.05) is 37.1 Å². The zero-order valence-corrected chi connectivity index (χ0v) is 15.3. The number of benzene rings is 1. The van der Waals surface area contributed by atoms with E-state index in [0.29, 0.717) is 12.1 Å². The summed E-state index contributed by atoms with van der Waals surface area (Å²) in [6, 6.07) is 5.99. The summed E-state index contributed by atoms with van der Waals surface area (Å²) < 4.78 is 0. The minimum Gasteiger partial charge on any atom is -0.347 e. The van der Waals surface area contributed by atoms with Crippen molar-refractivity contribution >= 4 is 22.7 Å². The van der Waals surface area contributed by atoms with Gasteiger partial charge in [0.2, 0.25) is 5.91 Å². The van der Waals surface area contributed by atoms with Crippen molar-refractivity contribution in [1.82, 2.24) is 15.2 Å². The molecule has 5 heteroatoms. The molecule has 1 aliphatic heterocycles. The van der Waals surface area contributed by atoms with Crippen LogP contribution >= 0.6 is 0 Å². The number of aryl methyl sites for hydroxylation is 2. The van der Waals surface area contributed by atoms with E-state index < -0.39 is 0 Å². The summed E-state index contributed by atoms with van der Waals surface area (Å²) in [5, 5.41) is 4.03. The van der Waals surface area contributed by atoms with Gasteiger partial charge >= 0.3 is 0 Å². The van der Waals surface area contributed by atoms with Crippen molar-refractivity contribution in [3.05, 3.63) is 40.6 Å². The molecular weight excluding hydrogens is 314 g/mol. The predicted molar refractivity (Wildman–Crippen MR) is 98.7 cm³/mol. The van der Waals surface area contributed by atoms with E-state index in [1.54, 1.807) is 11.8 Å². The van der Waals surface area contributed by atoms with E-state index in [1.165, 1.54) is 0 Å². The molecule has 0 spiro atoms. The molecule has 25 heavy (non-hydrogen) atoms. The summed E-state index contributed by atoms with van der Waals surface area (Å²) in [4.78, 5) is 31.1. The number of carbonyl (C=O) groups excluding carboxylic acids is 2. The molecule has 2 amide bonds. The lowest BCUT2D eigenvalue weighted by molar-refractivity contribution is -0.130. The van der Waals surface area contributed by atoms with Crippen LogP contribution in [0.1, 0.15) is 46.9 Å². The van der Waals surface area contributed by atoms with Gasteiger partial charge in [-0.2, -0.15) is 0 Å². The first-order chi connectivity index (χ1) is 11.9. The normalized spacial score (nSPS) is 17.6. The first-order valence-corrected chi connectivity index (χ1v) is 8.80.